The van der Waals surface area contributed by atoms with Gasteiger partial charge in [-0.2, -0.15) is 0 Å². The second-order valence-corrected chi connectivity index (χ2v) is 7.57. The summed E-state index contributed by atoms with van der Waals surface area (Å²) in [5.74, 6) is -0.0514. The molecule has 0 unspecified atom stereocenters. The van der Waals surface area contributed by atoms with Gasteiger partial charge in [0.15, 0.2) is 5.82 Å². The van der Waals surface area contributed by atoms with E-state index in [9.17, 15) is 9.59 Å². The van der Waals surface area contributed by atoms with E-state index in [2.05, 4.69) is 10.3 Å². The van der Waals surface area contributed by atoms with Crippen molar-refractivity contribution < 1.29 is 14.3 Å². The van der Waals surface area contributed by atoms with Crippen LogP contribution in [0, 0.1) is 0 Å². The molecule has 3 aromatic rings. The molecular formula is C21H22ClN3O3. The molecular weight excluding hydrogens is 378 g/mol. The van der Waals surface area contributed by atoms with Gasteiger partial charge in [0, 0.05) is 17.2 Å². The summed E-state index contributed by atoms with van der Waals surface area (Å²) in [7, 11) is 0. The normalized spacial score (nSPS) is 11.4. The number of nitrogens with zero attached hydrogens (tertiary/aromatic N) is 2. The summed E-state index contributed by atoms with van der Waals surface area (Å²) >= 11 is 5.97. The van der Waals surface area contributed by atoms with Gasteiger partial charge in [0.05, 0.1) is 24.2 Å². The number of rotatable bonds is 6. The van der Waals surface area contributed by atoms with Crippen LogP contribution in [-0.2, 0) is 14.9 Å². The van der Waals surface area contributed by atoms with Gasteiger partial charge in [0.1, 0.15) is 5.65 Å². The number of hydrogen-bond donors (Lipinski definition) is 1. The molecule has 0 fully saturated rings. The first kappa shape index (κ1) is 19.9. The summed E-state index contributed by atoms with van der Waals surface area (Å²) < 4.78 is 6.79. The molecule has 3 rings (SSSR count). The van der Waals surface area contributed by atoms with Crippen LogP contribution in [0.25, 0.3) is 5.65 Å². The second kappa shape index (κ2) is 8.02. The first-order chi connectivity index (χ1) is 13.3. The number of carbonyl (C=O) groups is 2. The summed E-state index contributed by atoms with van der Waals surface area (Å²) in [4.78, 5) is 28.7. The molecule has 1 amide bonds. The Morgan fingerprint density at radius 3 is 2.54 bits per heavy atom. The zero-order valence-corrected chi connectivity index (χ0v) is 16.8. The van der Waals surface area contributed by atoms with E-state index in [1.54, 1.807) is 48.0 Å². The summed E-state index contributed by atoms with van der Waals surface area (Å²) in [5.41, 5.74) is 1.77. The number of pyridine rings is 1. The van der Waals surface area contributed by atoms with Crippen molar-refractivity contribution in [3.63, 3.8) is 0 Å². The number of fused-ring (bicyclic) bond motifs is 1. The van der Waals surface area contributed by atoms with Crippen molar-refractivity contribution in [2.75, 3.05) is 11.9 Å². The molecule has 1 N–H and O–H groups in total. The van der Waals surface area contributed by atoms with E-state index in [1.165, 1.54) is 0 Å². The number of nitrogens with one attached hydrogen (secondary N) is 1. The van der Waals surface area contributed by atoms with Gasteiger partial charge >= 0.3 is 5.97 Å². The first-order valence-electron chi connectivity index (χ1n) is 9.00. The summed E-state index contributed by atoms with van der Waals surface area (Å²) in [6, 6.07) is 10.7. The Hall–Kier alpha value is -2.86. The van der Waals surface area contributed by atoms with E-state index in [0.717, 1.165) is 5.56 Å². The molecule has 1 aromatic carbocycles. The lowest BCUT2D eigenvalue weighted by molar-refractivity contribution is -0.144. The summed E-state index contributed by atoms with van der Waals surface area (Å²) in [6.07, 6.45) is 3.70. The summed E-state index contributed by atoms with van der Waals surface area (Å²) in [5, 5.41) is 3.37. The maximum absolute atomic E-state index is 12.5. The lowest BCUT2D eigenvalue weighted by atomic mass is 9.81. The second-order valence-electron chi connectivity index (χ2n) is 7.14. The van der Waals surface area contributed by atoms with Crippen molar-refractivity contribution in [3.05, 3.63) is 64.9 Å². The van der Waals surface area contributed by atoms with Gasteiger partial charge < -0.3 is 14.5 Å². The molecule has 0 aliphatic carbocycles. The van der Waals surface area contributed by atoms with Gasteiger partial charge in [-0.15, -0.1) is 0 Å². The number of halogens is 1. The van der Waals surface area contributed by atoms with Gasteiger partial charge in [-0.25, -0.2) is 4.98 Å². The Bertz CT molecular complexity index is 1010. The van der Waals surface area contributed by atoms with Crippen molar-refractivity contribution in [2.24, 2.45) is 0 Å². The van der Waals surface area contributed by atoms with Gasteiger partial charge in [0.2, 0.25) is 0 Å². The predicted octanol–water partition coefficient (Wildman–Crippen LogP) is 4.47. The highest BCUT2D eigenvalue weighted by Gasteiger charge is 2.25. The monoisotopic (exact) mass is 399 g/mol. The fourth-order valence-corrected chi connectivity index (χ4v) is 3.13. The first-order valence-corrected chi connectivity index (χ1v) is 9.38. The number of ether oxygens (including phenoxy) is 1. The number of aromatic nitrogens is 2. The minimum absolute atomic E-state index is 0.235. The van der Waals surface area contributed by atoms with E-state index in [1.807, 2.05) is 26.0 Å². The van der Waals surface area contributed by atoms with Crippen LogP contribution in [-0.4, -0.2) is 27.9 Å². The smallest absolute Gasteiger partial charge is 0.306 e. The van der Waals surface area contributed by atoms with Crippen molar-refractivity contribution in [2.45, 2.75) is 32.6 Å². The maximum atomic E-state index is 12.5. The largest absolute Gasteiger partial charge is 0.466 e. The van der Waals surface area contributed by atoms with Crippen LogP contribution in [0.3, 0.4) is 0 Å². The molecule has 0 aliphatic rings. The number of anilines is 1. The highest BCUT2D eigenvalue weighted by molar-refractivity contribution is 6.30. The number of amides is 1. The zero-order chi connectivity index (χ0) is 20.3. The molecule has 0 saturated carbocycles. The molecule has 6 nitrogen and oxygen atoms in total. The van der Waals surface area contributed by atoms with Crippen LogP contribution in [0.4, 0.5) is 5.82 Å². The van der Waals surface area contributed by atoms with Gasteiger partial charge in [-0.1, -0.05) is 37.6 Å². The standard InChI is InChI=1S/C21H22ClN3O3/c1-4-28-19(26)11-21(2,3)15-7-5-14(6-8-15)20(27)24-17-13-25-12-16(22)9-10-18(25)23-17/h5-10,12-13H,4,11H2,1-3H3,(H,24,27). The quantitative estimate of drug-likeness (QED) is 0.620. The highest BCUT2D eigenvalue weighted by atomic mass is 35.5. The third-order valence-electron chi connectivity index (χ3n) is 4.48. The fraction of sp³-hybridized carbons (Fsp3) is 0.286. The van der Waals surface area contributed by atoms with Crippen LogP contribution < -0.4 is 5.32 Å². The number of carbonyl (C=O) groups excluding carboxylic acids is 2. The molecule has 0 saturated heterocycles. The molecule has 7 heteroatoms. The Balaban J connectivity index is 1.71. The number of hydrogen-bond acceptors (Lipinski definition) is 4. The third kappa shape index (κ3) is 4.51. The minimum atomic E-state index is -0.387. The van der Waals surface area contributed by atoms with E-state index in [-0.39, 0.29) is 23.7 Å². The fourth-order valence-electron chi connectivity index (χ4n) is 2.96. The molecule has 0 atom stereocenters. The van der Waals surface area contributed by atoms with Crippen molar-refractivity contribution in [1.82, 2.24) is 9.38 Å². The highest BCUT2D eigenvalue weighted by Crippen LogP contribution is 2.28. The van der Waals surface area contributed by atoms with Crippen LogP contribution in [0.15, 0.2) is 48.8 Å². The van der Waals surface area contributed by atoms with Crippen molar-refractivity contribution in [1.29, 1.82) is 0 Å². The molecule has 0 bridgehead atoms. The lowest BCUT2D eigenvalue weighted by Gasteiger charge is -2.24. The zero-order valence-electron chi connectivity index (χ0n) is 16.0. The molecule has 2 aromatic heterocycles. The molecule has 28 heavy (non-hydrogen) atoms. The third-order valence-corrected chi connectivity index (χ3v) is 4.70. The number of benzene rings is 1. The Labute approximate surface area is 168 Å². The number of imidazole rings is 1. The van der Waals surface area contributed by atoms with Crippen LogP contribution in [0.5, 0.6) is 0 Å². The predicted molar refractivity (Wildman–Crippen MR) is 109 cm³/mol. The average molecular weight is 400 g/mol. The minimum Gasteiger partial charge on any atom is -0.466 e. The Morgan fingerprint density at radius 2 is 1.86 bits per heavy atom. The Morgan fingerprint density at radius 1 is 1.14 bits per heavy atom. The van der Waals surface area contributed by atoms with Gasteiger partial charge in [-0.05, 0) is 36.8 Å². The lowest BCUT2D eigenvalue weighted by Crippen LogP contribution is -2.23. The molecule has 0 radical (unpaired) electrons. The van der Waals surface area contributed by atoms with E-state index < -0.39 is 0 Å². The van der Waals surface area contributed by atoms with Crippen LogP contribution in [0.2, 0.25) is 5.02 Å². The molecule has 2 heterocycles. The topological polar surface area (TPSA) is 72.7 Å². The van der Waals surface area contributed by atoms with Crippen LogP contribution >= 0.6 is 11.6 Å². The summed E-state index contributed by atoms with van der Waals surface area (Å²) in [6.45, 7) is 6.10. The van der Waals surface area contributed by atoms with Crippen molar-refractivity contribution >= 4 is 34.9 Å². The van der Waals surface area contributed by atoms with Gasteiger partial charge in [-0.3, -0.25) is 9.59 Å². The van der Waals surface area contributed by atoms with E-state index >= 15 is 0 Å². The molecule has 146 valence electrons. The number of esters is 1. The van der Waals surface area contributed by atoms with Crippen molar-refractivity contribution in [3.8, 4) is 0 Å². The SMILES string of the molecule is CCOC(=O)CC(C)(C)c1ccc(C(=O)Nc2cn3cc(Cl)ccc3n2)cc1. The van der Waals surface area contributed by atoms with Crippen LogP contribution in [0.1, 0.15) is 43.1 Å². The Kier molecular flexibility index (Phi) is 5.70. The maximum Gasteiger partial charge on any atom is 0.306 e. The van der Waals surface area contributed by atoms with E-state index in [0.29, 0.717) is 28.7 Å². The molecule has 0 spiro atoms. The van der Waals surface area contributed by atoms with Gasteiger partial charge in [0.25, 0.3) is 5.91 Å². The molecule has 0 aliphatic heterocycles. The van der Waals surface area contributed by atoms with E-state index in [4.69, 9.17) is 16.3 Å². The average Bonchev–Trinajstić information content (AvgIpc) is 3.02.